The third-order valence-electron chi connectivity index (χ3n) is 7.23. The van der Waals surface area contributed by atoms with E-state index in [4.69, 9.17) is 14.2 Å². The van der Waals surface area contributed by atoms with Gasteiger partial charge in [0, 0.05) is 10.5 Å². The van der Waals surface area contributed by atoms with E-state index in [1.165, 1.54) is 44.9 Å². The van der Waals surface area contributed by atoms with Crippen LogP contribution in [0.2, 0.25) is 0 Å². The minimum absolute atomic E-state index is 0.0905. The Kier molecular flexibility index (Phi) is 15.6. The Balaban J connectivity index is 1.42. The first-order valence-electron chi connectivity index (χ1n) is 16.0. The zero-order valence-corrected chi connectivity index (χ0v) is 27.2. The van der Waals surface area contributed by atoms with Crippen LogP contribution in [-0.4, -0.2) is 29.8 Å². The van der Waals surface area contributed by atoms with Gasteiger partial charge in [0.2, 0.25) is 5.12 Å². The van der Waals surface area contributed by atoms with E-state index < -0.39 is 5.97 Å². The number of esters is 2. The molecule has 0 aromatic heterocycles. The highest BCUT2D eigenvalue weighted by atomic mass is 32.2. The molecule has 3 aromatic rings. The first-order chi connectivity index (χ1) is 21.4. The van der Waals surface area contributed by atoms with E-state index in [1.807, 2.05) is 19.1 Å². The SMILES string of the molecule is CCCCCCCCOc1ccc(C(=O)Sc2ccc(C(=O)Oc3ccc(C(=O)OC(C)CCCCCC)cc3)cc2)cc1. The van der Waals surface area contributed by atoms with Crippen molar-refractivity contribution in [1.29, 1.82) is 0 Å². The Morgan fingerprint density at radius 2 is 1.14 bits per heavy atom. The second kappa shape index (κ2) is 19.6. The number of ether oxygens (including phenoxy) is 3. The summed E-state index contributed by atoms with van der Waals surface area (Å²) in [7, 11) is 0. The molecular weight excluding hydrogens is 572 g/mol. The molecule has 236 valence electrons. The van der Waals surface area contributed by atoms with Gasteiger partial charge in [-0.05, 0) is 111 Å². The molecule has 0 saturated heterocycles. The maximum Gasteiger partial charge on any atom is 0.343 e. The molecule has 3 aromatic carbocycles. The normalized spacial score (nSPS) is 11.5. The maximum absolute atomic E-state index is 12.8. The molecule has 44 heavy (non-hydrogen) atoms. The molecule has 6 nitrogen and oxygen atoms in total. The Morgan fingerprint density at radius 3 is 1.80 bits per heavy atom. The lowest BCUT2D eigenvalue weighted by atomic mass is 10.1. The maximum atomic E-state index is 12.8. The van der Waals surface area contributed by atoms with Crippen molar-refractivity contribution in [2.45, 2.75) is 102 Å². The number of rotatable bonds is 19. The van der Waals surface area contributed by atoms with Gasteiger partial charge in [-0.1, -0.05) is 65.2 Å². The van der Waals surface area contributed by atoms with Crippen LogP contribution in [0.25, 0.3) is 0 Å². The van der Waals surface area contributed by atoms with E-state index in [-0.39, 0.29) is 17.2 Å². The molecule has 0 amide bonds. The molecule has 0 aliphatic rings. The average molecular weight is 619 g/mol. The van der Waals surface area contributed by atoms with Gasteiger partial charge in [-0.25, -0.2) is 9.59 Å². The van der Waals surface area contributed by atoms with E-state index >= 15 is 0 Å². The fraction of sp³-hybridized carbons (Fsp3) is 0.432. The van der Waals surface area contributed by atoms with Crippen molar-refractivity contribution in [2.24, 2.45) is 0 Å². The summed E-state index contributed by atoms with van der Waals surface area (Å²) in [4.78, 5) is 38.6. The fourth-order valence-corrected chi connectivity index (χ4v) is 5.32. The predicted molar refractivity (Wildman–Crippen MR) is 177 cm³/mol. The highest BCUT2D eigenvalue weighted by molar-refractivity contribution is 8.14. The van der Waals surface area contributed by atoms with Crippen molar-refractivity contribution < 1.29 is 28.6 Å². The summed E-state index contributed by atoms with van der Waals surface area (Å²) in [5.74, 6) is 0.175. The van der Waals surface area contributed by atoms with Crippen molar-refractivity contribution in [3.8, 4) is 11.5 Å². The van der Waals surface area contributed by atoms with E-state index in [0.717, 1.165) is 48.1 Å². The van der Waals surface area contributed by atoms with Crippen LogP contribution in [0.5, 0.6) is 11.5 Å². The van der Waals surface area contributed by atoms with Crippen LogP contribution in [-0.2, 0) is 4.74 Å². The number of carbonyl (C=O) groups excluding carboxylic acids is 3. The zero-order valence-electron chi connectivity index (χ0n) is 26.3. The van der Waals surface area contributed by atoms with Gasteiger partial charge in [0.05, 0.1) is 23.8 Å². The highest BCUT2D eigenvalue weighted by Crippen LogP contribution is 2.25. The first-order valence-corrected chi connectivity index (χ1v) is 16.8. The molecule has 0 bridgehead atoms. The fourth-order valence-electron chi connectivity index (χ4n) is 4.58. The molecule has 0 fully saturated rings. The van der Waals surface area contributed by atoms with Crippen molar-refractivity contribution in [3.63, 3.8) is 0 Å². The average Bonchev–Trinajstić information content (AvgIpc) is 3.03. The van der Waals surface area contributed by atoms with E-state index in [1.54, 1.807) is 60.7 Å². The molecule has 3 rings (SSSR count). The number of benzene rings is 3. The molecule has 0 aliphatic heterocycles. The molecular formula is C37H46O6S. The van der Waals surface area contributed by atoms with E-state index in [0.29, 0.717) is 29.0 Å². The van der Waals surface area contributed by atoms with Crippen molar-refractivity contribution in [3.05, 3.63) is 89.5 Å². The monoisotopic (exact) mass is 618 g/mol. The predicted octanol–water partition coefficient (Wildman–Crippen LogP) is 10.1. The summed E-state index contributed by atoms with van der Waals surface area (Å²) < 4.78 is 16.8. The molecule has 0 spiro atoms. The summed E-state index contributed by atoms with van der Waals surface area (Å²) in [6.45, 7) is 6.97. The Bertz CT molecular complexity index is 1290. The topological polar surface area (TPSA) is 78.9 Å². The number of unbranched alkanes of at least 4 members (excludes halogenated alkanes) is 8. The van der Waals surface area contributed by atoms with Gasteiger partial charge in [0.15, 0.2) is 0 Å². The van der Waals surface area contributed by atoms with Gasteiger partial charge >= 0.3 is 11.9 Å². The summed E-state index contributed by atoms with van der Waals surface area (Å²) in [6, 6.07) is 20.3. The molecule has 0 radical (unpaired) electrons. The number of thioether (sulfide) groups is 1. The van der Waals surface area contributed by atoms with Crippen molar-refractivity contribution in [2.75, 3.05) is 6.61 Å². The smallest absolute Gasteiger partial charge is 0.343 e. The van der Waals surface area contributed by atoms with Crippen LogP contribution >= 0.6 is 11.8 Å². The molecule has 0 aliphatic carbocycles. The third-order valence-corrected chi connectivity index (χ3v) is 8.16. The summed E-state index contributed by atoms with van der Waals surface area (Å²) >= 11 is 1.10. The highest BCUT2D eigenvalue weighted by Gasteiger charge is 2.14. The minimum Gasteiger partial charge on any atom is -0.494 e. The number of hydrogen-bond acceptors (Lipinski definition) is 7. The van der Waals surface area contributed by atoms with Crippen molar-refractivity contribution in [1.82, 2.24) is 0 Å². The number of hydrogen-bond donors (Lipinski definition) is 0. The van der Waals surface area contributed by atoms with E-state index in [2.05, 4.69) is 13.8 Å². The van der Waals surface area contributed by atoms with Crippen LogP contribution in [0.4, 0.5) is 0 Å². The van der Waals surface area contributed by atoms with Crippen LogP contribution < -0.4 is 9.47 Å². The number of carbonyl (C=O) groups is 3. The van der Waals surface area contributed by atoms with Gasteiger partial charge in [0.25, 0.3) is 0 Å². The summed E-state index contributed by atoms with van der Waals surface area (Å²) in [5, 5.41) is -0.0905. The summed E-state index contributed by atoms with van der Waals surface area (Å²) in [5.41, 5.74) is 1.35. The summed E-state index contributed by atoms with van der Waals surface area (Å²) in [6.07, 6.45) is 12.5. The lowest BCUT2D eigenvalue weighted by molar-refractivity contribution is 0.0319. The largest absolute Gasteiger partial charge is 0.494 e. The van der Waals surface area contributed by atoms with Crippen molar-refractivity contribution >= 4 is 28.8 Å². The Hall–Kier alpha value is -3.58. The van der Waals surface area contributed by atoms with Gasteiger partial charge < -0.3 is 14.2 Å². The van der Waals surface area contributed by atoms with Crippen LogP contribution in [0.3, 0.4) is 0 Å². The molecule has 1 atom stereocenters. The van der Waals surface area contributed by atoms with Gasteiger partial charge in [-0.2, -0.15) is 0 Å². The lowest BCUT2D eigenvalue weighted by Crippen LogP contribution is -2.15. The zero-order chi connectivity index (χ0) is 31.6. The van der Waals surface area contributed by atoms with Gasteiger partial charge in [0.1, 0.15) is 11.5 Å². The van der Waals surface area contributed by atoms with Crippen LogP contribution in [0, 0.1) is 0 Å². The quantitative estimate of drug-likeness (QED) is 0.0572. The molecule has 0 N–H and O–H groups in total. The standard InChI is InChI=1S/C37H46O6S/c1-4-6-8-10-11-13-27-41-32-21-17-31(18-22-32)37(40)44-34-25-19-30(20-26-34)36(39)43-33-23-15-29(16-24-33)35(38)42-28(3)14-12-9-7-5-2/h15-26,28H,4-14,27H2,1-3H3. The lowest BCUT2D eigenvalue weighted by Gasteiger charge is -2.13. The minimum atomic E-state index is -0.527. The molecule has 0 heterocycles. The molecule has 7 heteroatoms. The second-order valence-corrected chi connectivity index (χ2v) is 12.1. The van der Waals surface area contributed by atoms with Crippen LogP contribution in [0.15, 0.2) is 77.7 Å². The molecule has 1 unspecified atom stereocenters. The Morgan fingerprint density at radius 1 is 0.614 bits per heavy atom. The Labute approximate surface area is 266 Å². The molecule has 0 saturated carbocycles. The van der Waals surface area contributed by atoms with Crippen LogP contribution in [0.1, 0.15) is 122 Å². The second-order valence-electron chi connectivity index (χ2n) is 11.0. The van der Waals surface area contributed by atoms with E-state index in [9.17, 15) is 14.4 Å². The first kappa shape index (κ1) is 34.9. The third kappa shape index (κ3) is 12.6. The van der Waals surface area contributed by atoms with Gasteiger partial charge in [-0.15, -0.1) is 0 Å². The van der Waals surface area contributed by atoms with Gasteiger partial charge in [-0.3, -0.25) is 4.79 Å².